The van der Waals surface area contributed by atoms with Crippen molar-refractivity contribution in [2.24, 2.45) is 0 Å². The van der Waals surface area contributed by atoms with Gasteiger partial charge < -0.3 is 5.11 Å². The molecule has 7 nitrogen and oxygen atoms in total. The number of amides is 2. The summed E-state index contributed by atoms with van der Waals surface area (Å²) in [4.78, 5) is 42.8. The highest BCUT2D eigenvalue weighted by molar-refractivity contribution is 7.14. The summed E-state index contributed by atoms with van der Waals surface area (Å²) in [7, 11) is 0. The number of aromatic nitrogens is 1. The lowest BCUT2D eigenvalue weighted by molar-refractivity contribution is -0.136. The Morgan fingerprint density at radius 2 is 2.05 bits per heavy atom. The number of likely N-dealkylation sites (tertiary alicyclic amines) is 1. The molecule has 1 atom stereocenters. The van der Waals surface area contributed by atoms with Crippen molar-refractivity contribution < 1.29 is 19.5 Å². The van der Waals surface area contributed by atoms with Gasteiger partial charge in [0.25, 0.3) is 5.91 Å². The molecule has 2 aliphatic heterocycles. The van der Waals surface area contributed by atoms with Crippen LogP contribution in [0.15, 0.2) is 5.38 Å². The predicted molar refractivity (Wildman–Crippen MR) is 79.8 cm³/mol. The van der Waals surface area contributed by atoms with Crippen LogP contribution in [0.3, 0.4) is 0 Å². The molecule has 0 aliphatic carbocycles. The van der Waals surface area contributed by atoms with Gasteiger partial charge in [0.05, 0.1) is 24.6 Å². The molecule has 8 heteroatoms. The first-order chi connectivity index (χ1) is 10.6. The van der Waals surface area contributed by atoms with Crippen molar-refractivity contribution in [3.05, 3.63) is 11.1 Å². The molecule has 1 N–H and O–H groups in total. The molecule has 0 saturated carbocycles. The largest absolute Gasteiger partial charge is 0.481 e. The fraction of sp³-hybridized carbons (Fsp3) is 0.571. The van der Waals surface area contributed by atoms with E-state index in [1.165, 1.54) is 6.42 Å². The Kier molecular flexibility index (Phi) is 4.21. The normalized spacial score (nSPS) is 23.3. The van der Waals surface area contributed by atoms with Crippen LogP contribution in [-0.4, -0.2) is 51.9 Å². The van der Waals surface area contributed by atoms with Crippen LogP contribution in [0.4, 0.5) is 5.13 Å². The van der Waals surface area contributed by atoms with Gasteiger partial charge >= 0.3 is 5.97 Å². The van der Waals surface area contributed by atoms with Crippen LogP contribution in [0.1, 0.15) is 31.4 Å². The third-order valence-electron chi connectivity index (χ3n) is 4.02. The molecule has 3 rings (SSSR count). The summed E-state index contributed by atoms with van der Waals surface area (Å²) in [5.74, 6) is -1.47. The van der Waals surface area contributed by atoms with Crippen molar-refractivity contribution in [2.45, 2.75) is 38.1 Å². The first-order valence-corrected chi connectivity index (χ1v) is 8.21. The molecule has 2 aliphatic rings. The predicted octanol–water partition coefficient (Wildman–Crippen LogP) is 0.888. The lowest BCUT2D eigenvalue weighted by Crippen LogP contribution is -2.44. The zero-order chi connectivity index (χ0) is 15.7. The minimum atomic E-state index is -0.984. The number of aliphatic carboxylic acids is 1. The highest BCUT2D eigenvalue weighted by Crippen LogP contribution is 2.29. The van der Waals surface area contributed by atoms with Crippen molar-refractivity contribution >= 4 is 34.3 Å². The van der Waals surface area contributed by atoms with Crippen LogP contribution in [0.5, 0.6) is 0 Å². The average Bonchev–Trinajstić information content (AvgIpc) is 3.04. The number of carbonyl (C=O) groups excluding carboxylic acids is 2. The zero-order valence-electron chi connectivity index (χ0n) is 12.0. The fourth-order valence-corrected chi connectivity index (χ4v) is 3.81. The summed E-state index contributed by atoms with van der Waals surface area (Å²) in [6, 6.07) is -0.389. The van der Waals surface area contributed by atoms with Gasteiger partial charge in [-0.15, -0.1) is 11.3 Å². The van der Waals surface area contributed by atoms with E-state index in [-0.39, 0.29) is 35.8 Å². The third-order valence-corrected chi connectivity index (χ3v) is 4.89. The summed E-state index contributed by atoms with van der Waals surface area (Å²) in [6.45, 7) is 1.69. The molecule has 0 spiro atoms. The molecule has 0 bridgehead atoms. The van der Waals surface area contributed by atoms with E-state index in [1.807, 2.05) is 0 Å². The number of nitrogens with zero attached hydrogens (tertiary/aromatic N) is 3. The minimum absolute atomic E-state index is 0.187. The number of carboxylic acid groups (broad SMARTS) is 1. The Morgan fingerprint density at radius 1 is 1.32 bits per heavy atom. The van der Waals surface area contributed by atoms with Gasteiger partial charge in [-0.1, -0.05) is 6.42 Å². The molecule has 2 fully saturated rings. The summed E-state index contributed by atoms with van der Waals surface area (Å²) in [5.41, 5.74) is 0.370. The maximum absolute atomic E-state index is 12.6. The van der Waals surface area contributed by atoms with Crippen LogP contribution in [0, 0.1) is 0 Å². The van der Waals surface area contributed by atoms with E-state index >= 15 is 0 Å². The molecule has 3 heterocycles. The third kappa shape index (κ3) is 2.89. The molecule has 1 aromatic heterocycles. The van der Waals surface area contributed by atoms with Crippen molar-refractivity contribution in [2.75, 3.05) is 18.0 Å². The van der Waals surface area contributed by atoms with Crippen LogP contribution >= 0.6 is 11.3 Å². The molecule has 2 saturated heterocycles. The monoisotopic (exact) mass is 323 g/mol. The number of rotatable bonds is 4. The molecule has 1 aromatic rings. The number of piperidine rings is 1. The van der Waals surface area contributed by atoms with E-state index in [9.17, 15) is 14.4 Å². The lowest BCUT2D eigenvalue weighted by Gasteiger charge is -2.30. The topological polar surface area (TPSA) is 90.8 Å². The van der Waals surface area contributed by atoms with Gasteiger partial charge in [0.1, 0.15) is 0 Å². The molecule has 118 valence electrons. The second kappa shape index (κ2) is 6.13. The first kappa shape index (κ1) is 15.1. The standard InChI is InChI=1S/C14H17N3O4S/c18-11-7-10(16-4-2-1-3-5-16)13(21)17(11)14-15-9(8-22-14)6-12(19)20/h8,10H,1-7H2,(H,19,20). The highest BCUT2D eigenvalue weighted by atomic mass is 32.1. The van der Waals surface area contributed by atoms with Crippen LogP contribution in [0.25, 0.3) is 0 Å². The molecule has 2 amide bonds. The fourth-order valence-electron chi connectivity index (χ4n) is 2.97. The maximum atomic E-state index is 12.6. The van der Waals surface area contributed by atoms with Crippen LogP contribution < -0.4 is 4.90 Å². The Balaban J connectivity index is 1.76. The highest BCUT2D eigenvalue weighted by Gasteiger charge is 2.44. The smallest absolute Gasteiger partial charge is 0.309 e. The van der Waals surface area contributed by atoms with Gasteiger partial charge in [0.2, 0.25) is 5.91 Å². The number of hydrogen-bond acceptors (Lipinski definition) is 6. The van der Waals surface area contributed by atoms with E-state index in [0.29, 0.717) is 5.69 Å². The quantitative estimate of drug-likeness (QED) is 0.828. The van der Waals surface area contributed by atoms with Gasteiger partial charge in [0, 0.05) is 5.38 Å². The van der Waals surface area contributed by atoms with Crippen molar-refractivity contribution in [3.63, 3.8) is 0 Å². The molecule has 22 heavy (non-hydrogen) atoms. The summed E-state index contributed by atoms with van der Waals surface area (Å²) < 4.78 is 0. The van der Waals surface area contributed by atoms with Gasteiger partial charge in [-0.2, -0.15) is 0 Å². The van der Waals surface area contributed by atoms with Gasteiger partial charge in [-0.05, 0) is 25.9 Å². The number of carbonyl (C=O) groups is 3. The number of imide groups is 1. The lowest BCUT2D eigenvalue weighted by atomic mass is 10.1. The van der Waals surface area contributed by atoms with E-state index < -0.39 is 5.97 Å². The Bertz CT molecular complexity index is 609. The second-order valence-electron chi connectivity index (χ2n) is 5.58. The first-order valence-electron chi connectivity index (χ1n) is 7.33. The van der Waals surface area contributed by atoms with Crippen molar-refractivity contribution in [1.82, 2.24) is 9.88 Å². The van der Waals surface area contributed by atoms with E-state index in [4.69, 9.17) is 5.11 Å². The van der Waals surface area contributed by atoms with Crippen LogP contribution in [0.2, 0.25) is 0 Å². The maximum Gasteiger partial charge on any atom is 0.309 e. The number of carboxylic acids is 1. The molecule has 0 radical (unpaired) electrons. The van der Waals surface area contributed by atoms with E-state index in [1.54, 1.807) is 5.38 Å². The van der Waals surface area contributed by atoms with E-state index in [0.717, 1.165) is 42.2 Å². The Morgan fingerprint density at radius 3 is 2.73 bits per heavy atom. The summed E-state index contributed by atoms with van der Waals surface area (Å²) in [6.07, 6.45) is 3.25. The Hall–Kier alpha value is -1.80. The van der Waals surface area contributed by atoms with Gasteiger partial charge in [-0.3, -0.25) is 19.3 Å². The van der Waals surface area contributed by atoms with E-state index in [2.05, 4.69) is 9.88 Å². The zero-order valence-corrected chi connectivity index (χ0v) is 12.8. The minimum Gasteiger partial charge on any atom is -0.481 e. The van der Waals surface area contributed by atoms with Crippen molar-refractivity contribution in [1.29, 1.82) is 0 Å². The average molecular weight is 323 g/mol. The summed E-state index contributed by atoms with van der Waals surface area (Å²) >= 11 is 1.14. The molecular weight excluding hydrogens is 306 g/mol. The van der Waals surface area contributed by atoms with Crippen LogP contribution in [-0.2, 0) is 20.8 Å². The van der Waals surface area contributed by atoms with Gasteiger partial charge in [0.15, 0.2) is 5.13 Å². The number of thiazole rings is 1. The SMILES string of the molecule is O=C(O)Cc1csc(N2C(=O)CC(N3CCCCC3)C2=O)n1. The molecular formula is C14H17N3O4S. The second-order valence-corrected chi connectivity index (χ2v) is 6.41. The Labute approximate surface area is 131 Å². The number of hydrogen-bond donors (Lipinski definition) is 1. The molecule has 1 unspecified atom stereocenters. The molecule has 0 aromatic carbocycles. The summed E-state index contributed by atoms with van der Waals surface area (Å²) in [5, 5.41) is 10.6. The van der Waals surface area contributed by atoms with Crippen molar-refractivity contribution in [3.8, 4) is 0 Å². The van der Waals surface area contributed by atoms with Gasteiger partial charge in [-0.25, -0.2) is 9.88 Å². The number of anilines is 1.